The molecule has 1 aromatic rings. The number of likely N-dealkylation sites (N-methyl/N-ethyl adjacent to an activating group) is 1. The molecule has 1 aliphatic rings. The normalized spacial score (nSPS) is 18.4. The molecular formula is C14H23N5O2. The molecule has 2 heterocycles. The second kappa shape index (κ2) is 7.21. The molecule has 0 spiro atoms. The van der Waals surface area contributed by atoms with E-state index in [1.165, 1.54) is 0 Å². The highest BCUT2D eigenvalue weighted by atomic mass is 16.5. The van der Waals surface area contributed by atoms with Crippen molar-refractivity contribution in [2.24, 2.45) is 0 Å². The van der Waals surface area contributed by atoms with Gasteiger partial charge < -0.3 is 20.3 Å². The number of hydrogen-bond acceptors (Lipinski definition) is 6. The van der Waals surface area contributed by atoms with E-state index in [1.54, 1.807) is 0 Å². The van der Waals surface area contributed by atoms with Gasteiger partial charge in [0.25, 0.3) is 0 Å². The third-order valence-electron chi connectivity index (χ3n) is 3.26. The lowest BCUT2D eigenvalue weighted by atomic mass is 10.2. The van der Waals surface area contributed by atoms with Crippen molar-refractivity contribution in [3.63, 3.8) is 0 Å². The average molecular weight is 293 g/mol. The Kier molecular flexibility index (Phi) is 5.32. The molecule has 0 saturated carbocycles. The summed E-state index contributed by atoms with van der Waals surface area (Å²) in [5.74, 6) is 2.20. The van der Waals surface area contributed by atoms with Gasteiger partial charge in [0.1, 0.15) is 23.5 Å². The molecule has 1 saturated heterocycles. The van der Waals surface area contributed by atoms with Gasteiger partial charge in [-0.1, -0.05) is 0 Å². The summed E-state index contributed by atoms with van der Waals surface area (Å²) < 4.78 is 5.45. The Morgan fingerprint density at radius 3 is 2.95 bits per heavy atom. The number of nitrogens with zero attached hydrogens (tertiary/aromatic N) is 3. The maximum atomic E-state index is 12.2. The van der Waals surface area contributed by atoms with E-state index in [-0.39, 0.29) is 11.9 Å². The second-order valence-electron chi connectivity index (χ2n) is 4.87. The highest BCUT2D eigenvalue weighted by molar-refractivity contribution is 5.85. The van der Waals surface area contributed by atoms with Gasteiger partial charge in [0.15, 0.2) is 0 Å². The number of carbonyl (C=O) groups is 1. The van der Waals surface area contributed by atoms with Crippen molar-refractivity contribution in [2.45, 2.75) is 26.8 Å². The van der Waals surface area contributed by atoms with Crippen molar-refractivity contribution in [3.05, 3.63) is 11.9 Å². The van der Waals surface area contributed by atoms with Crippen LogP contribution in [0.25, 0.3) is 0 Å². The summed E-state index contributed by atoms with van der Waals surface area (Å²) in [5, 5.41) is 6.04. The Morgan fingerprint density at radius 1 is 1.43 bits per heavy atom. The summed E-state index contributed by atoms with van der Waals surface area (Å²) in [7, 11) is 0. The average Bonchev–Trinajstić information content (AvgIpc) is 2.47. The number of aromatic nitrogens is 2. The fraction of sp³-hybridized carbons (Fsp3) is 0.643. The molecule has 1 aliphatic heterocycles. The van der Waals surface area contributed by atoms with E-state index in [1.807, 2.05) is 31.7 Å². The molecular weight excluding hydrogens is 270 g/mol. The van der Waals surface area contributed by atoms with E-state index in [4.69, 9.17) is 4.74 Å². The van der Waals surface area contributed by atoms with Gasteiger partial charge in [-0.15, -0.1) is 0 Å². The van der Waals surface area contributed by atoms with E-state index in [0.29, 0.717) is 32.1 Å². The standard InChI is InChI=1S/C14H23N5O2/c1-4-15-12-8-13(18-10(3)17-12)19-6-7-21-9-11(19)14(20)16-5-2/h8,11H,4-7,9H2,1-3H3,(H,16,20)(H,15,17,18). The summed E-state index contributed by atoms with van der Waals surface area (Å²) >= 11 is 0. The predicted molar refractivity (Wildman–Crippen MR) is 81.6 cm³/mol. The Bertz CT molecular complexity index is 494. The first kappa shape index (κ1) is 15.5. The summed E-state index contributed by atoms with van der Waals surface area (Å²) in [5.41, 5.74) is 0. The van der Waals surface area contributed by atoms with Gasteiger partial charge in [0.05, 0.1) is 13.2 Å². The van der Waals surface area contributed by atoms with Crippen LogP contribution in [0.2, 0.25) is 0 Å². The van der Waals surface area contributed by atoms with E-state index in [2.05, 4.69) is 20.6 Å². The van der Waals surface area contributed by atoms with E-state index >= 15 is 0 Å². The fourth-order valence-corrected chi connectivity index (χ4v) is 2.36. The number of carbonyl (C=O) groups excluding carboxylic acids is 1. The molecule has 116 valence electrons. The lowest BCUT2D eigenvalue weighted by molar-refractivity contribution is -0.124. The van der Waals surface area contributed by atoms with Crippen molar-refractivity contribution in [3.8, 4) is 0 Å². The third-order valence-corrected chi connectivity index (χ3v) is 3.26. The van der Waals surface area contributed by atoms with Crippen LogP contribution in [0.4, 0.5) is 11.6 Å². The number of ether oxygens (including phenoxy) is 1. The van der Waals surface area contributed by atoms with E-state index < -0.39 is 0 Å². The van der Waals surface area contributed by atoms with Crippen molar-refractivity contribution < 1.29 is 9.53 Å². The molecule has 1 aromatic heterocycles. The van der Waals surface area contributed by atoms with Crippen LogP contribution >= 0.6 is 0 Å². The van der Waals surface area contributed by atoms with Gasteiger partial charge in [0, 0.05) is 25.7 Å². The first-order valence-corrected chi connectivity index (χ1v) is 7.37. The summed E-state index contributed by atoms with van der Waals surface area (Å²) in [6, 6.07) is 1.54. The van der Waals surface area contributed by atoms with Crippen molar-refractivity contribution in [1.82, 2.24) is 15.3 Å². The fourth-order valence-electron chi connectivity index (χ4n) is 2.36. The largest absolute Gasteiger partial charge is 0.377 e. The van der Waals surface area contributed by atoms with Gasteiger partial charge in [-0.2, -0.15) is 0 Å². The zero-order valence-corrected chi connectivity index (χ0v) is 12.8. The van der Waals surface area contributed by atoms with Crippen LogP contribution in [-0.2, 0) is 9.53 Å². The Labute approximate surface area is 125 Å². The van der Waals surface area contributed by atoms with Crippen molar-refractivity contribution >= 4 is 17.5 Å². The molecule has 1 fully saturated rings. The first-order valence-electron chi connectivity index (χ1n) is 7.37. The molecule has 7 nitrogen and oxygen atoms in total. The number of aryl methyl sites for hydroxylation is 1. The summed E-state index contributed by atoms with van der Waals surface area (Å²) in [6.45, 7) is 8.79. The summed E-state index contributed by atoms with van der Waals surface area (Å²) in [4.78, 5) is 23.0. The Hall–Kier alpha value is -1.89. The molecule has 0 aliphatic carbocycles. The van der Waals surface area contributed by atoms with Crippen molar-refractivity contribution in [2.75, 3.05) is 43.1 Å². The minimum absolute atomic E-state index is 0.0292. The molecule has 2 N–H and O–H groups in total. The molecule has 0 bridgehead atoms. The number of amides is 1. The van der Waals surface area contributed by atoms with Crippen LogP contribution in [0.1, 0.15) is 19.7 Å². The van der Waals surface area contributed by atoms with Gasteiger partial charge in [-0.05, 0) is 20.8 Å². The summed E-state index contributed by atoms with van der Waals surface area (Å²) in [6.07, 6.45) is 0. The van der Waals surface area contributed by atoms with Gasteiger partial charge in [0.2, 0.25) is 5.91 Å². The zero-order chi connectivity index (χ0) is 15.2. The topological polar surface area (TPSA) is 79.4 Å². The number of nitrogens with one attached hydrogen (secondary N) is 2. The molecule has 2 rings (SSSR count). The Balaban J connectivity index is 2.26. The van der Waals surface area contributed by atoms with Crippen LogP contribution in [0.3, 0.4) is 0 Å². The monoisotopic (exact) mass is 293 g/mol. The Morgan fingerprint density at radius 2 is 2.24 bits per heavy atom. The minimum Gasteiger partial charge on any atom is -0.377 e. The van der Waals surface area contributed by atoms with Gasteiger partial charge in [-0.25, -0.2) is 9.97 Å². The molecule has 7 heteroatoms. The van der Waals surface area contributed by atoms with Crippen LogP contribution in [0.5, 0.6) is 0 Å². The molecule has 1 unspecified atom stereocenters. The maximum absolute atomic E-state index is 12.2. The molecule has 0 aromatic carbocycles. The van der Waals surface area contributed by atoms with Crippen LogP contribution in [0.15, 0.2) is 6.07 Å². The second-order valence-corrected chi connectivity index (χ2v) is 4.87. The lowest BCUT2D eigenvalue weighted by Crippen LogP contribution is -2.54. The molecule has 0 radical (unpaired) electrons. The zero-order valence-electron chi connectivity index (χ0n) is 12.8. The van der Waals surface area contributed by atoms with Crippen molar-refractivity contribution in [1.29, 1.82) is 0 Å². The SMILES string of the molecule is CCNC(=O)C1COCCN1c1cc(NCC)nc(C)n1. The number of rotatable bonds is 5. The molecule has 1 atom stereocenters. The smallest absolute Gasteiger partial charge is 0.245 e. The van der Waals surface area contributed by atoms with Crippen LogP contribution in [-0.4, -0.2) is 54.8 Å². The van der Waals surface area contributed by atoms with E-state index in [0.717, 1.165) is 18.2 Å². The number of morpholine rings is 1. The maximum Gasteiger partial charge on any atom is 0.245 e. The van der Waals surface area contributed by atoms with Gasteiger partial charge >= 0.3 is 0 Å². The number of anilines is 2. The van der Waals surface area contributed by atoms with Gasteiger partial charge in [-0.3, -0.25) is 4.79 Å². The highest BCUT2D eigenvalue weighted by Crippen LogP contribution is 2.20. The lowest BCUT2D eigenvalue weighted by Gasteiger charge is -2.35. The predicted octanol–water partition coefficient (Wildman–Crippen LogP) is 0.558. The number of hydrogen-bond donors (Lipinski definition) is 2. The quantitative estimate of drug-likeness (QED) is 0.826. The highest BCUT2D eigenvalue weighted by Gasteiger charge is 2.30. The van der Waals surface area contributed by atoms with Crippen LogP contribution in [0, 0.1) is 6.92 Å². The van der Waals surface area contributed by atoms with E-state index in [9.17, 15) is 4.79 Å². The van der Waals surface area contributed by atoms with Crippen LogP contribution < -0.4 is 15.5 Å². The first-order chi connectivity index (χ1) is 10.2. The third kappa shape index (κ3) is 3.81. The molecule has 1 amide bonds. The molecule has 21 heavy (non-hydrogen) atoms. The minimum atomic E-state index is -0.345.